The van der Waals surface area contributed by atoms with E-state index in [-0.39, 0.29) is 22.9 Å². The van der Waals surface area contributed by atoms with Crippen LogP contribution in [0.15, 0.2) is 70.5 Å². The van der Waals surface area contributed by atoms with Gasteiger partial charge in [0.15, 0.2) is 11.6 Å². The highest BCUT2D eigenvalue weighted by Crippen LogP contribution is 2.24. The first-order valence-electron chi connectivity index (χ1n) is 9.17. The first-order chi connectivity index (χ1) is 15.3. The summed E-state index contributed by atoms with van der Waals surface area (Å²) in [5.41, 5.74) is 6.50. The summed E-state index contributed by atoms with van der Waals surface area (Å²) in [4.78, 5) is 8.68. The van der Waals surface area contributed by atoms with Crippen molar-refractivity contribution in [2.45, 2.75) is 0 Å². The van der Waals surface area contributed by atoms with E-state index >= 15 is 0 Å². The quantitative estimate of drug-likeness (QED) is 0.282. The number of benzene rings is 2. The van der Waals surface area contributed by atoms with Crippen LogP contribution in [0.5, 0.6) is 0 Å². The highest BCUT2D eigenvalue weighted by Gasteiger charge is 2.13. The van der Waals surface area contributed by atoms with Gasteiger partial charge in [0.2, 0.25) is 11.3 Å². The molecule has 0 spiro atoms. The molecule has 2 aromatic carbocycles. The molecular formula is C20H14FN9O. The largest absolute Gasteiger partial charge is 0.337 e. The summed E-state index contributed by atoms with van der Waals surface area (Å²) in [5.74, 6) is 0.265. The number of hydrogen-bond acceptors (Lipinski definition) is 9. The summed E-state index contributed by atoms with van der Waals surface area (Å²) >= 11 is 0. The van der Waals surface area contributed by atoms with E-state index in [1.165, 1.54) is 12.1 Å². The number of aromatic amines is 1. The number of nitrogens with zero attached hydrogens (tertiary/aromatic N) is 6. The van der Waals surface area contributed by atoms with Crippen LogP contribution in [0.3, 0.4) is 0 Å². The van der Waals surface area contributed by atoms with Crippen molar-refractivity contribution < 1.29 is 9.02 Å². The van der Waals surface area contributed by atoms with Crippen molar-refractivity contribution in [1.29, 1.82) is 0 Å². The lowest BCUT2D eigenvalue weighted by Gasteiger charge is -2.09. The second-order valence-electron chi connectivity index (χ2n) is 6.40. The van der Waals surface area contributed by atoms with Gasteiger partial charge in [0.1, 0.15) is 5.82 Å². The van der Waals surface area contributed by atoms with Crippen molar-refractivity contribution in [1.82, 2.24) is 30.5 Å². The van der Waals surface area contributed by atoms with E-state index in [0.717, 1.165) is 16.8 Å². The third-order valence-electron chi connectivity index (χ3n) is 4.33. The third-order valence-corrected chi connectivity index (χ3v) is 4.33. The van der Waals surface area contributed by atoms with Crippen LogP contribution in [-0.4, -0.2) is 36.7 Å². The minimum Gasteiger partial charge on any atom is -0.337 e. The normalized spacial score (nSPS) is 11.3. The van der Waals surface area contributed by atoms with Gasteiger partial charge >= 0.3 is 0 Å². The van der Waals surface area contributed by atoms with Gasteiger partial charge in [-0.2, -0.15) is 15.2 Å². The van der Waals surface area contributed by atoms with E-state index in [1.54, 1.807) is 24.5 Å². The Kier molecular flexibility index (Phi) is 4.73. The Labute approximate surface area is 174 Å². The molecule has 0 aliphatic carbocycles. The fourth-order valence-electron chi connectivity index (χ4n) is 2.87. The van der Waals surface area contributed by atoms with Crippen LogP contribution in [0.4, 0.5) is 21.7 Å². The van der Waals surface area contributed by atoms with Crippen molar-refractivity contribution >= 4 is 34.8 Å². The van der Waals surface area contributed by atoms with E-state index in [0.29, 0.717) is 11.5 Å². The molecule has 152 valence electrons. The van der Waals surface area contributed by atoms with Gasteiger partial charge in [0.25, 0.3) is 0 Å². The maximum Gasteiger partial charge on any atom is 0.245 e. The summed E-state index contributed by atoms with van der Waals surface area (Å²) < 4.78 is 17.9. The molecular weight excluding hydrogens is 401 g/mol. The number of H-pyrrole nitrogens is 1. The number of nitrogens with one attached hydrogen (secondary N) is 3. The van der Waals surface area contributed by atoms with Gasteiger partial charge in [-0.3, -0.25) is 10.5 Å². The Morgan fingerprint density at radius 1 is 0.935 bits per heavy atom. The Morgan fingerprint density at radius 2 is 1.68 bits per heavy atom. The van der Waals surface area contributed by atoms with Crippen molar-refractivity contribution in [3.63, 3.8) is 0 Å². The van der Waals surface area contributed by atoms with E-state index in [9.17, 15) is 4.39 Å². The molecule has 0 radical (unpaired) electrons. The van der Waals surface area contributed by atoms with Crippen LogP contribution in [0.25, 0.3) is 22.6 Å². The van der Waals surface area contributed by atoms with Crippen LogP contribution < -0.4 is 10.7 Å². The molecule has 10 nitrogen and oxygen atoms in total. The lowest BCUT2D eigenvalue weighted by Crippen LogP contribution is -2.03. The lowest BCUT2D eigenvalue weighted by atomic mass is 10.1. The van der Waals surface area contributed by atoms with Crippen molar-refractivity contribution in [3.05, 3.63) is 72.2 Å². The first kappa shape index (κ1) is 18.4. The molecule has 31 heavy (non-hydrogen) atoms. The van der Waals surface area contributed by atoms with E-state index < -0.39 is 0 Å². The Hall–Kier alpha value is -4.67. The number of aromatic nitrogens is 6. The fraction of sp³-hybridized carbons (Fsp3) is 0. The summed E-state index contributed by atoms with van der Waals surface area (Å²) in [5, 5.41) is 21.8. The summed E-state index contributed by atoms with van der Waals surface area (Å²) in [6.45, 7) is 0. The molecule has 0 atom stereocenters. The monoisotopic (exact) mass is 415 g/mol. The highest BCUT2D eigenvalue weighted by molar-refractivity contribution is 5.89. The molecule has 0 saturated carbocycles. The highest BCUT2D eigenvalue weighted by atomic mass is 19.1. The fourth-order valence-corrected chi connectivity index (χ4v) is 2.87. The van der Waals surface area contributed by atoms with Gasteiger partial charge in [-0.25, -0.2) is 14.0 Å². The number of anilines is 3. The van der Waals surface area contributed by atoms with Crippen LogP contribution in [0.2, 0.25) is 0 Å². The molecule has 3 aromatic heterocycles. The molecule has 3 N–H and O–H groups in total. The number of hydrogen-bond donors (Lipinski definition) is 3. The van der Waals surface area contributed by atoms with Gasteiger partial charge in [0.05, 0.1) is 18.1 Å². The average Bonchev–Trinajstić information content (AvgIpc) is 3.45. The molecule has 0 saturated heterocycles. The zero-order chi connectivity index (χ0) is 21.0. The van der Waals surface area contributed by atoms with Crippen LogP contribution in [0, 0.1) is 5.82 Å². The maximum absolute atomic E-state index is 13.2. The van der Waals surface area contributed by atoms with Gasteiger partial charge in [0, 0.05) is 16.8 Å². The standard InChI is InChI=1S/C20H14FN9O/c21-14-6-8-15(9-7-14)24-17-18(26-20-19(25-17)29-31-30-20)28-23-11-13-10-22-27-16(13)12-4-2-1-3-5-12/h1-11H,(H,22,27)(H,24,25,29)(H,26,28,30)/b23-11-. The molecule has 0 unspecified atom stereocenters. The minimum absolute atomic E-state index is 0.218. The lowest BCUT2D eigenvalue weighted by molar-refractivity contribution is 0.314. The molecule has 5 aromatic rings. The predicted molar refractivity (Wildman–Crippen MR) is 112 cm³/mol. The zero-order valence-corrected chi connectivity index (χ0v) is 15.8. The number of fused-ring (bicyclic) bond motifs is 1. The molecule has 11 heteroatoms. The number of rotatable bonds is 6. The SMILES string of the molecule is Fc1ccc(Nc2nc3nonc3nc2N/N=C\c2cn[nH]c2-c2ccccc2)cc1. The van der Waals surface area contributed by atoms with Crippen LogP contribution >= 0.6 is 0 Å². The Balaban J connectivity index is 1.42. The second-order valence-corrected chi connectivity index (χ2v) is 6.40. The molecule has 0 aliphatic rings. The number of halogens is 1. The van der Waals surface area contributed by atoms with Gasteiger partial charge in [-0.15, -0.1) is 0 Å². The van der Waals surface area contributed by atoms with Gasteiger partial charge in [-0.1, -0.05) is 30.3 Å². The smallest absolute Gasteiger partial charge is 0.245 e. The summed E-state index contributed by atoms with van der Waals surface area (Å²) in [7, 11) is 0. The molecule has 0 fully saturated rings. The second kappa shape index (κ2) is 7.99. The first-order valence-corrected chi connectivity index (χ1v) is 9.17. The van der Waals surface area contributed by atoms with Crippen molar-refractivity contribution in [3.8, 4) is 11.3 Å². The van der Waals surface area contributed by atoms with Crippen molar-refractivity contribution in [2.75, 3.05) is 10.7 Å². The average molecular weight is 415 g/mol. The van der Waals surface area contributed by atoms with Gasteiger partial charge < -0.3 is 5.32 Å². The molecule has 0 bridgehead atoms. The van der Waals surface area contributed by atoms with Gasteiger partial charge in [-0.05, 0) is 34.6 Å². The van der Waals surface area contributed by atoms with E-state index in [4.69, 9.17) is 0 Å². The zero-order valence-electron chi connectivity index (χ0n) is 15.8. The third kappa shape index (κ3) is 3.92. The van der Waals surface area contributed by atoms with Crippen LogP contribution in [-0.2, 0) is 0 Å². The number of hydrazone groups is 1. The van der Waals surface area contributed by atoms with E-state index in [1.807, 2.05) is 30.3 Å². The van der Waals surface area contributed by atoms with E-state index in [2.05, 4.69) is 51.0 Å². The topological polar surface area (TPSA) is 130 Å². The summed E-state index contributed by atoms with van der Waals surface area (Å²) in [6, 6.07) is 15.6. The van der Waals surface area contributed by atoms with Crippen molar-refractivity contribution in [2.24, 2.45) is 5.10 Å². The van der Waals surface area contributed by atoms with Crippen LogP contribution in [0.1, 0.15) is 5.56 Å². The molecule has 0 amide bonds. The Morgan fingerprint density at radius 3 is 2.45 bits per heavy atom. The maximum atomic E-state index is 13.2. The summed E-state index contributed by atoms with van der Waals surface area (Å²) in [6.07, 6.45) is 3.28. The molecule has 5 rings (SSSR count). The predicted octanol–water partition coefficient (Wildman–Crippen LogP) is 3.73. The minimum atomic E-state index is -0.343. The Bertz CT molecular complexity index is 1350. The molecule has 0 aliphatic heterocycles. The molecule has 3 heterocycles.